The van der Waals surface area contributed by atoms with Gasteiger partial charge in [-0.3, -0.25) is 0 Å². The second kappa shape index (κ2) is 5.24. The topological polar surface area (TPSA) is 85.4 Å². The first-order valence-electron chi connectivity index (χ1n) is 6.35. The molecule has 1 saturated carbocycles. The molecule has 3 N–H and O–H groups in total. The Hall–Kier alpha value is -0.890. The van der Waals surface area contributed by atoms with Gasteiger partial charge in [0.05, 0.1) is 11.5 Å². The van der Waals surface area contributed by atoms with Crippen LogP contribution in [0.5, 0.6) is 0 Å². The molecule has 0 amide bonds. The Bertz CT molecular complexity index is 532. The van der Waals surface area contributed by atoms with Gasteiger partial charge in [0, 0.05) is 24.0 Å². The summed E-state index contributed by atoms with van der Waals surface area (Å²) in [7, 11) is 0.448. The molecule has 0 bridgehead atoms. The first kappa shape index (κ1) is 14.5. The Balaban J connectivity index is 2.05. The quantitative estimate of drug-likeness (QED) is 0.701. The van der Waals surface area contributed by atoms with Crippen molar-refractivity contribution in [3.05, 3.63) is 18.0 Å². The van der Waals surface area contributed by atoms with Crippen molar-refractivity contribution in [2.75, 3.05) is 20.6 Å². The molecule has 108 valence electrons. The molecule has 1 heterocycles. The minimum Gasteiger partial charge on any atom is -0.390 e. The monoisotopic (exact) mass is 287 g/mol. The van der Waals surface area contributed by atoms with Crippen LogP contribution in [0.1, 0.15) is 25.0 Å². The maximum atomic E-state index is 12.1. The molecule has 1 aromatic heterocycles. The van der Waals surface area contributed by atoms with Gasteiger partial charge < -0.3 is 15.0 Å². The van der Waals surface area contributed by atoms with Gasteiger partial charge in [0.1, 0.15) is 0 Å². The van der Waals surface area contributed by atoms with Crippen LogP contribution in [0.25, 0.3) is 0 Å². The summed E-state index contributed by atoms with van der Waals surface area (Å²) < 4.78 is 26.9. The minimum absolute atomic E-state index is 0.0524. The summed E-state index contributed by atoms with van der Waals surface area (Å²) >= 11 is 0. The van der Waals surface area contributed by atoms with Crippen molar-refractivity contribution in [3.8, 4) is 0 Å². The molecule has 1 aliphatic carbocycles. The van der Waals surface area contributed by atoms with Crippen LogP contribution in [-0.2, 0) is 16.6 Å². The van der Waals surface area contributed by atoms with Crippen molar-refractivity contribution in [3.63, 3.8) is 0 Å². The highest BCUT2D eigenvalue weighted by Crippen LogP contribution is 2.35. The second-order valence-electron chi connectivity index (χ2n) is 5.32. The standard InChI is InChI=1S/C12H21N3O3S/c1-15(2)12(4-3-5-12)9-14-19(17,18)11-6-10(8-16)13-7-11/h6-7,13-14,16H,3-5,8-9H2,1-2H3. The van der Waals surface area contributed by atoms with Crippen molar-refractivity contribution in [1.29, 1.82) is 0 Å². The summed E-state index contributed by atoms with van der Waals surface area (Å²) in [5.74, 6) is 0. The van der Waals surface area contributed by atoms with Crippen LogP contribution in [-0.4, -0.2) is 49.6 Å². The third-order valence-electron chi connectivity index (χ3n) is 4.02. The number of aromatic amines is 1. The lowest BCUT2D eigenvalue weighted by Crippen LogP contribution is -2.57. The fourth-order valence-electron chi connectivity index (χ4n) is 2.34. The van der Waals surface area contributed by atoms with Crippen LogP contribution in [0.15, 0.2) is 17.2 Å². The van der Waals surface area contributed by atoms with Gasteiger partial charge in [-0.05, 0) is 39.4 Å². The molecule has 1 aromatic rings. The van der Waals surface area contributed by atoms with Crippen LogP contribution >= 0.6 is 0 Å². The number of aliphatic hydroxyl groups excluding tert-OH is 1. The molecule has 1 aliphatic rings. The van der Waals surface area contributed by atoms with E-state index in [1.165, 1.54) is 12.3 Å². The largest absolute Gasteiger partial charge is 0.390 e. The molecular formula is C12H21N3O3S. The van der Waals surface area contributed by atoms with E-state index < -0.39 is 10.0 Å². The molecule has 6 nitrogen and oxygen atoms in total. The number of H-pyrrole nitrogens is 1. The number of sulfonamides is 1. The number of aromatic nitrogens is 1. The van der Waals surface area contributed by atoms with Gasteiger partial charge in [-0.15, -0.1) is 0 Å². The van der Waals surface area contributed by atoms with Crippen molar-refractivity contribution in [2.45, 2.75) is 36.3 Å². The average Bonchev–Trinajstić information content (AvgIpc) is 2.76. The van der Waals surface area contributed by atoms with E-state index in [0.29, 0.717) is 12.2 Å². The maximum Gasteiger partial charge on any atom is 0.242 e. The summed E-state index contributed by atoms with van der Waals surface area (Å²) in [5, 5.41) is 8.94. The molecule has 7 heteroatoms. The zero-order valence-electron chi connectivity index (χ0n) is 11.3. The predicted molar refractivity (Wildman–Crippen MR) is 72.2 cm³/mol. The summed E-state index contributed by atoms with van der Waals surface area (Å²) in [6.07, 6.45) is 4.56. The third-order valence-corrected chi connectivity index (χ3v) is 5.40. The Morgan fingerprint density at radius 3 is 2.58 bits per heavy atom. The molecule has 1 fully saturated rings. The summed E-state index contributed by atoms with van der Waals surface area (Å²) in [5.41, 5.74) is 0.440. The van der Waals surface area contributed by atoms with Gasteiger partial charge in [0.2, 0.25) is 10.0 Å². The molecule has 0 atom stereocenters. The van der Waals surface area contributed by atoms with E-state index in [4.69, 9.17) is 5.11 Å². The van der Waals surface area contributed by atoms with Gasteiger partial charge in [-0.2, -0.15) is 0 Å². The van der Waals surface area contributed by atoms with Gasteiger partial charge in [-0.25, -0.2) is 13.1 Å². The molecular weight excluding hydrogens is 266 g/mol. The van der Waals surface area contributed by atoms with E-state index in [-0.39, 0.29) is 17.0 Å². The number of nitrogens with one attached hydrogen (secondary N) is 2. The van der Waals surface area contributed by atoms with Gasteiger partial charge in [0.25, 0.3) is 0 Å². The summed E-state index contributed by atoms with van der Waals surface area (Å²) in [6, 6.07) is 1.45. The van der Waals surface area contributed by atoms with Crippen molar-refractivity contribution in [2.24, 2.45) is 0 Å². The molecule has 0 radical (unpaired) electrons. The molecule has 2 rings (SSSR count). The number of hydrogen-bond acceptors (Lipinski definition) is 4. The van der Waals surface area contributed by atoms with E-state index in [1.807, 2.05) is 14.1 Å². The lowest BCUT2D eigenvalue weighted by atomic mass is 9.76. The Kier molecular flexibility index (Phi) is 4.00. The summed E-state index contributed by atoms with van der Waals surface area (Å²) in [4.78, 5) is 4.99. The van der Waals surface area contributed by atoms with E-state index in [9.17, 15) is 8.42 Å². The maximum absolute atomic E-state index is 12.1. The van der Waals surface area contributed by atoms with E-state index in [1.54, 1.807) is 0 Å². The fraction of sp³-hybridized carbons (Fsp3) is 0.667. The highest BCUT2D eigenvalue weighted by Gasteiger charge is 2.39. The Labute approximate surface area is 113 Å². The number of hydrogen-bond donors (Lipinski definition) is 3. The van der Waals surface area contributed by atoms with Crippen LogP contribution < -0.4 is 4.72 Å². The van der Waals surface area contributed by atoms with Crippen molar-refractivity contribution < 1.29 is 13.5 Å². The highest BCUT2D eigenvalue weighted by molar-refractivity contribution is 7.89. The average molecular weight is 287 g/mol. The molecule has 0 saturated heterocycles. The zero-order chi connectivity index (χ0) is 14.1. The van der Waals surface area contributed by atoms with Gasteiger partial charge >= 0.3 is 0 Å². The molecule has 19 heavy (non-hydrogen) atoms. The van der Waals surface area contributed by atoms with Crippen LogP contribution in [0, 0.1) is 0 Å². The number of rotatable bonds is 6. The summed E-state index contributed by atoms with van der Waals surface area (Å²) in [6.45, 7) is 0.221. The third kappa shape index (κ3) is 2.84. The number of nitrogens with zero attached hydrogens (tertiary/aromatic N) is 1. The Morgan fingerprint density at radius 1 is 1.47 bits per heavy atom. The van der Waals surface area contributed by atoms with Crippen molar-refractivity contribution >= 4 is 10.0 Å². The molecule has 0 spiro atoms. The SMILES string of the molecule is CN(C)C1(CNS(=O)(=O)c2c[nH]c(CO)c2)CCC1. The van der Waals surface area contributed by atoms with Gasteiger partial charge in [-0.1, -0.05) is 0 Å². The number of aliphatic hydroxyl groups is 1. The van der Waals surface area contributed by atoms with E-state index >= 15 is 0 Å². The molecule has 0 unspecified atom stereocenters. The normalized spacial score (nSPS) is 18.5. The first-order chi connectivity index (χ1) is 8.89. The first-order valence-corrected chi connectivity index (χ1v) is 7.83. The van der Waals surface area contributed by atoms with Crippen LogP contribution in [0.3, 0.4) is 0 Å². The minimum atomic E-state index is -3.51. The van der Waals surface area contributed by atoms with Gasteiger partial charge in [0.15, 0.2) is 0 Å². The van der Waals surface area contributed by atoms with Crippen LogP contribution in [0.4, 0.5) is 0 Å². The highest BCUT2D eigenvalue weighted by atomic mass is 32.2. The lowest BCUT2D eigenvalue weighted by molar-refractivity contribution is 0.0657. The molecule has 0 aliphatic heterocycles. The smallest absolute Gasteiger partial charge is 0.242 e. The second-order valence-corrected chi connectivity index (χ2v) is 7.08. The van der Waals surface area contributed by atoms with E-state index in [2.05, 4.69) is 14.6 Å². The van der Waals surface area contributed by atoms with Crippen molar-refractivity contribution in [1.82, 2.24) is 14.6 Å². The lowest BCUT2D eigenvalue weighted by Gasteiger charge is -2.47. The fourth-order valence-corrected chi connectivity index (χ4v) is 3.48. The predicted octanol–water partition coefficient (Wildman–Crippen LogP) is 0.270. The van der Waals surface area contributed by atoms with Crippen LogP contribution in [0.2, 0.25) is 0 Å². The molecule has 0 aromatic carbocycles. The number of likely N-dealkylation sites (N-methyl/N-ethyl adjacent to an activating group) is 1. The van der Waals surface area contributed by atoms with E-state index in [0.717, 1.165) is 19.3 Å². The Morgan fingerprint density at radius 2 is 2.16 bits per heavy atom. The zero-order valence-corrected chi connectivity index (χ0v) is 12.1.